The number of aliphatic imine (C=N–C) groups is 1. The first-order chi connectivity index (χ1) is 19.4. The number of ether oxygens (including phenoxy) is 2. The molecule has 1 aliphatic heterocycles. The number of carbonyl (C=O) groups is 5. The van der Waals surface area contributed by atoms with Crippen LogP contribution in [-0.2, 0) is 23.9 Å². The van der Waals surface area contributed by atoms with Crippen LogP contribution >= 0.6 is 0 Å². The number of amides is 3. The third-order valence-electron chi connectivity index (χ3n) is 5.70. The van der Waals surface area contributed by atoms with Crippen molar-refractivity contribution >= 4 is 55.8 Å². The number of alkyl carbamates (subject to hydrolysis) is 1. The van der Waals surface area contributed by atoms with Crippen LogP contribution in [0.1, 0.15) is 64.7 Å². The van der Waals surface area contributed by atoms with Gasteiger partial charge in [0.15, 0.2) is 0 Å². The number of nitrogens with zero attached hydrogens (tertiary/aromatic N) is 3. The third kappa shape index (κ3) is 12.1. The van der Waals surface area contributed by atoms with E-state index in [1.165, 1.54) is 9.80 Å². The Hall–Kier alpha value is -3.60. The van der Waals surface area contributed by atoms with Crippen LogP contribution in [0.3, 0.4) is 0 Å². The maximum absolute atomic E-state index is 13.4. The van der Waals surface area contributed by atoms with E-state index in [0.717, 1.165) is 0 Å². The maximum atomic E-state index is 13.4. The number of piperazine rings is 1. The van der Waals surface area contributed by atoms with Crippen molar-refractivity contribution in [3.8, 4) is 0 Å². The van der Waals surface area contributed by atoms with Crippen molar-refractivity contribution in [2.75, 3.05) is 26.2 Å². The van der Waals surface area contributed by atoms with Gasteiger partial charge in [0, 0.05) is 0 Å². The van der Waals surface area contributed by atoms with E-state index in [4.69, 9.17) is 20.9 Å². The van der Waals surface area contributed by atoms with Gasteiger partial charge in [-0.1, -0.05) is 0 Å². The van der Waals surface area contributed by atoms with Gasteiger partial charge >= 0.3 is 254 Å². The fourth-order valence-corrected chi connectivity index (χ4v) is 5.71. The van der Waals surface area contributed by atoms with E-state index in [-0.39, 0.29) is 60.2 Å². The average Bonchev–Trinajstić information content (AvgIpc) is 2.84. The summed E-state index contributed by atoms with van der Waals surface area (Å²) >= 11 is -1.04. The van der Waals surface area contributed by atoms with Crippen molar-refractivity contribution in [1.82, 2.24) is 15.1 Å². The molecule has 1 aromatic carbocycles. The Morgan fingerprint density at radius 2 is 1.62 bits per heavy atom. The minimum atomic E-state index is -1.04. The van der Waals surface area contributed by atoms with Gasteiger partial charge in [-0.3, -0.25) is 0 Å². The molecule has 1 aromatic rings. The van der Waals surface area contributed by atoms with E-state index in [9.17, 15) is 24.0 Å². The van der Waals surface area contributed by atoms with Gasteiger partial charge < -0.3 is 0 Å². The Morgan fingerprint density at radius 3 is 2.19 bits per heavy atom. The number of esters is 1. The van der Waals surface area contributed by atoms with E-state index in [2.05, 4.69) is 10.3 Å². The molecular weight excluding hydrogens is 607 g/mol. The van der Waals surface area contributed by atoms with Crippen LogP contribution in [0.25, 0.3) is 0 Å². The zero-order valence-electron chi connectivity index (χ0n) is 25.1. The van der Waals surface area contributed by atoms with Crippen LogP contribution in [0.15, 0.2) is 29.3 Å². The molecule has 0 spiro atoms. The third-order valence-corrected chi connectivity index (χ3v) is 7.74. The van der Waals surface area contributed by atoms with Crippen molar-refractivity contribution in [1.29, 1.82) is 0 Å². The number of benzene rings is 1. The molecule has 0 aromatic heterocycles. The van der Waals surface area contributed by atoms with Crippen LogP contribution < -0.4 is 16.8 Å². The second kappa shape index (κ2) is 15.0. The fraction of sp³-hybridized carbons (Fsp3) is 0.571. The van der Waals surface area contributed by atoms with Gasteiger partial charge in [0.25, 0.3) is 0 Å². The van der Waals surface area contributed by atoms with Crippen LogP contribution in [0.2, 0.25) is 5.21 Å². The summed E-state index contributed by atoms with van der Waals surface area (Å²) < 4.78 is 10.5. The molecule has 1 atom stereocenters. The summed E-state index contributed by atoms with van der Waals surface area (Å²) in [5.74, 6) is -1.32. The molecule has 0 aliphatic carbocycles. The molecule has 1 unspecified atom stereocenters. The van der Waals surface area contributed by atoms with Crippen molar-refractivity contribution in [2.45, 2.75) is 76.8 Å². The molecule has 13 nitrogen and oxygen atoms in total. The predicted molar refractivity (Wildman–Crippen MR) is 158 cm³/mol. The van der Waals surface area contributed by atoms with Crippen LogP contribution in [0, 0.1) is 0 Å². The Kier molecular flexibility index (Phi) is 12.4. The summed E-state index contributed by atoms with van der Waals surface area (Å²) in [5.41, 5.74) is 10.3. The molecule has 1 saturated heterocycles. The molecular formula is C28H42AsN6O7. The number of hydrogen-bond donors (Lipinski definition) is 3. The topological polar surface area (TPSA) is 187 Å². The molecule has 1 aliphatic rings. The number of rotatable bonds is 11. The SMILES string of the molecule is CC(C)(C)OC(=O)CN1CCN(C(=O)C[As]C(=O)c2ccc(N=C(N)N)cc2)C(CCCNC(=O)OC(C)(C)C)C1=O. The standard InChI is InChI=1S/C28H42AsN6O7/c1-27(2,3)41-22(37)17-34-14-15-35(20(24(34)39)8-7-13-32-26(40)42-28(4,5)6)21(36)16-29-23(38)18-9-11-19(12-10-18)33-25(30)31/h9-12,20H,7-8,13-17H2,1-6H3,(H,32,40)(H4,30,31,33). The zero-order chi connectivity index (χ0) is 31.7. The van der Waals surface area contributed by atoms with Gasteiger partial charge in [-0.15, -0.1) is 0 Å². The number of nitrogens with two attached hydrogens (primary N) is 2. The first-order valence-corrected chi connectivity index (χ1v) is 15.9. The molecule has 1 fully saturated rings. The zero-order valence-corrected chi connectivity index (χ0v) is 27.0. The van der Waals surface area contributed by atoms with Gasteiger partial charge in [0.05, 0.1) is 0 Å². The van der Waals surface area contributed by atoms with Crippen LogP contribution in [0.4, 0.5) is 10.5 Å². The van der Waals surface area contributed by atoms with E-state index < -0.39 is 45.1 Å². The molecule has 14 heteroatoms. The molecule has 2 rings (SSSR count). The van der Waals surface area contributed by atoms with Crippen molar-refractivity contribution in [3.63, 3.8) is 0 Å². The number of guanidine groups is 1. The second-order valence-corrected chi connectivity index (χ2v) is 13.9. The molecule has 0 bridgehead atoms. The van der Waals surface area contributed by atoms with E-state index in [1.54, 1.807) is 65.8 Å². The molecule has 231 valence electrons. The summed E-state index contributed by atoms with van der Waals surface area (Å²) in [6.45, 7) is 10.9. The quantitative estimate of drug-likeness (QED) is 0.105. The number of carbonyl (C=O) groups excluding carboxylic acids is 5. The number of nitrogens with one attached hydrogen (secondary N) is 1. The van der Waals surface area contributed by atoms with Gasteiger partial charge in [-0.2, -0.15) is 0 Å². The van der Waals surface area contributed by atoms with Crippen molar-refractivity contribution < 1.29 is 33.4 Å². The van der Waals surface area contributed by atoms with Gasteiger partial charge in [-0.25, -0.2) is 0 Å². The van der Waals surface area contributed by atoms with Gasteiger partial charge in [-0.05, 0) is 0 Å². The van der Waals surface area contributed by atoms with E-state index in [0.29, 0.717) is 17.7 Å². The van der Waals surface area contributed by atoms with Crippen molar-refractivity contribution in [3.05, 3.63) is 29.8 Å². The summed E-state index contributed by atoms with van der Waals surface area (Å²) in [4.78, 5) is 70.7. The molecule has 1 heterocycles. The summed E-state index contributed by atoms with van der Waals surface area (Å²) in [7, 11) is 0. The second-order valence-electron chi connectivity index (χ2n) is 11.7. The Bertz CT molecular complexity index is 1170. The monoisotopic (exact) mass is 649 g/mol. The predicted octanol–water partition coefficient (Wildman–Crippen LogP) is 1.54. The summed E-state index contributed by atoms with van der Waals surface area (Å²) in [5, 5.41) is 2.65. The minimum absolute atomic E-state index is 0.00299. The fourth-order valence-electron chi connectivity index (χ4n) is 4.05. The van der Waals surface area contributed by atoms with Gasteiger partial charge in [0.2, 0.25) is 0 Å². The Balaban J connectivity index is 2.06. The first kappa shape index (κ1) is 34.6. The molecule has 5 N–H and O–H groups in total. The molecule has 3 amide bonds. The molecule has 42 heavy (non-hydrogen) atoms. The summed E-state index contributed by atoms with van der Waals surface area (Å²) in [6, 6.07) is 5.58. The normalized spacial score (nSPS) is 15.9. The van der Waals surface area contributed by atoms with E-state index >= 15 is 0 Å². The summed E-state index contributed by atoms with van der Waals surface area (Å²) in [6.07, 6.45) is 0.0574. The molecule has 0 saturated carbocycles. The molecule has 1 radical (unpaired) electrons. The van der Waals surface area contributed by atoms with Crippen LogP contribution in [-0.4, -0.2) is 103 Å². The first-order valence-electron chi connectivity index (χ1n) is 13.6. The number of hydrogen-bond acceptors (Lipinski definition) is 8. The van der Waals surface area contributed by atoms with Crippen molar-refractivity contribution in [2.24, 2.45) is 16.5 Å². The average molecular weight is 650 g/mol. The van der Waals surface area contributed by atoms with Crippen LogP contribution in [0.5, 0.6) is 0 Å². The van der Waals surface area contributed by atoms with E-state index in [1.807, 2.05) is 0 Å². The Labute approximate surface area is 253 Å². The Morgan fingerprint density at radius 1 is 1.00 bits per heavy atom. The van der Waals surface area contributed by atoms with Gasteiger partial charge in [0.1, 0.15) is 0 Å².